The highest BCUT2D eigenvalue weighted by molar-refractivity contribution is 7.16. The summed E-state index contributed by atoms with van der Waals surface area (Å²) in [6, 6.07) is 2.06. The normalized spacial score (nSPS) is 11.0. The van der Waals surface area contributed by atoms with Crippen LogP contribution in [0.25, 0.3) is 10.2 Å². The van der Waals surface area contributed by atoms with Gasteiger partial charge in [0.15, 0.2) is 0 Å². The van der Waals surface area contributed by atoms with E-state index in [9.17, 15) is 0 Å². The number of ether oxygens (including phenoxy) is 1. The van der Waals surface area contributed by atoms with E-state index in [1.807, 2.05) is 5.38 Å². The van der Waals surface area contributed by atoms with Crippen molar-refractivity contribution in [2.75, 3.05) is 36.9 Å². The number of hydrogen-bond acceptors (Lipinski definition) is 6. The highest BCUT2D eigenvalue weighted by Gasteiger charge is 2.08. The first-order chi connectivity index (χ1) is 10.3. The largest absolute Gasteiger partial charge is 0.380 e. The summed E-state index contributed by atoms with van der Waals surface area (Å²) >= 11 is 1.64. The highest BCUT2D eigenvalue weighted by atomic mass is 32.1. The van der Waals surface area contributed by atoms with Gasteiger partial charge in [-0.3, -0.25) is 0 Å². The minimum absolute atomic E-state index is 0.696. The van der Waals surface area contributed by atoms with Crippen LogP contribution in [0.15, 0.2) is 11.4 Å². The molecule has 2 aromatic heterocycles. The molecule has 0 unspecified atom stereocenters. The number of nitrogens with zero attached hydrogens (tertiary/aromatic N) is 2. The predicted octanol–water partition coefficient (Wildman–Crippen LogP) is 3.74. The van der Waals surface area contributed by atoms with Crippen LogP contribution in [0, 0.1) is 0 Å². The number of fused-ring (bicyclic) bond motifs is 1. The second-order valence-electron chi connectivity index (χ2n) is 4.85. The maximum absolute atomic E-state index is 5.57. The molecular weight excluding hydrogens is 284 g/mol. The lowest BCUT2D eigenvalue weighted by atomic mass is 10.3. The Hall–Kier alpha value is -1.40. The molecule has 2 aromatic rings. The molecule has 0 aliphatic rings. The quantitative estimate of drug-likeness (QED) is 0.655. The van der Waals surface area contributed by atoms with Crippen molar-refractivity contribution in [1.82, 2.24) is 9.97 Å². The first kappa shape index (κ1) is 16.0. The van der Waals surface area contributed by atoms with Crippen molar-refractivity contribution in [3.05, 3.63) is 11.4 Å². The number of hydrogen-bond donors (Lipinski definition) is 2. The van der Waals surface area contributed by atoms with Gasteiger partial charge in [0.1, 0.15) is 10.6 Å². The van der Waals surface area contributed by atoms with Gasteiger partial charge in [-0.2, -0.15) is 4.98 Å². The van der Waals surface area contributed by atoms with Crippen LogP contribution in [0.3, 0.4) is 0 Å². The van der Waals surface area contributed by atoms with Gasteiger partial charge in [-0.25, -0.2) is 4.98 Å². The Morgan fingerprint density at radius 3 is 2.81 bits per heavy atom. The van der Waals surface area contributed by atoms with Gasteiger partial charge in [-0.05, 0) is 24.3 Å². The molecule has 0 aromatic carbocycles. The van der Waals surface area contributed by atoms with Crippen LogP contribution in [0.4, 0.5) is 11.8 Å². The fraction of sp³-hybridized carbons (Fsp3) is 0.600. The molecule has 0 saturated heterocycles. The highest BCUT2D eigenvalue weighted by Crippen LogP contribution is 2.26. The van der Waals surface area contributed by atoms with E-state index >= 15 is 0 Å². The molecule has 0 aliphatic carbocycles. The van der Waals surface area contributed by atoms with Gasteiger partial charge in [-0.15, -0.1) is 11.3 Å². The summed E-state index contributed by atoms with van der Waals surface area (Å²) in [5.74, 6) is 1.58. The van der Waals surface area contributed by atoms with Gasteiger partial charge in [0, 0.05) is 19.7 Å². The molecule has 116 valence electrons. The average molecular weight is 308 g/mol. The Kier molecular flexibility index (Phi) is 6.69. The van der Waals surface area contributed by atoms with E-state index in [2.05, 4.69) is 40.5 Å². The second kappa shape index (κ2) is 8.79. The third kappa shape index (κ3) is 4.82. The number of rotatable bonds is 10. The maximum atomic E-state index is 5.57. The fourth-order valence-corrected chi connectivity index (χ4v) is 2.66. The van der Waals surface area contributed by atoms with Crippen LogP contribution in [0.1, 0.15) is 33.1 Å². The Labute approximate surface area is 130 Å². The van der Waals surface area contributed by atoms with Gasteiger partial charge in [0.2, 0.25) is 5.95 Å². The Bertz CT molecular complexity index is 543. The first-order valence-electron chi connectivity index (χ1n) is 7.65. The van der Waals surface area contributed by atoms with Crippen LogP contribution in [0.5, 0.6) is 0 Å². The zero-order chi connectivity index (χ0) is 14.9. The minimum Gasteiger partial charge on any atom is -0.380 e. The number of thiophene rings is 1. The first-order valence-corrected chi connectivity index (χ1v) is 8.53. The summed E-state index contributed by atoms with van der Waals surface area (Å²) in [4.78, 5) is 10.1. The van der Waals surface area contributed by atoms with Crippen molar-refractivity contribution in [2.45, 2.75) is 33.1 Å². The van der Waals surface area contributed by atoms with E-state index in [0.717, 1.165) is 48.6 Å². The van der Waals surface area contributed by atoms with Gasteiger partial charge < -0.3 is 15.4 Å². The molecular formula is C15H24N4OS. The van der Waals surface area contributed by atoms with Crippen molar-refractivity contribution in [3.8, 4) is 0 Å². The van der Waals surface area contributed by atoms with E-state index in [4.69, 9.17) is 4.74 Å². The van der Waals surface area contributed by atoms with Gasteiger partial charge in [0.05, 0.1) is 12.0 Å². The molecule has 2 N–H and O–H groups in total. The minimum atomic E-state index is 0.696. The van der Waals surface area contributed by atoms with Crippen LogP contribution in [-0.4, -0.2) is 36.3 Å². The van der Waals surface area contributed by atoms with E-state index in [1.54, 1.807) is 11.3 Å². The number of unbranched alkanes of at least 4 members (excludes halogenated alkanes) is 1. The average Bonchev–Trinajstić information content (AvgIpc) is 2.97. The molecule has 21 heavy (non-hydrogen) atoms. The van der Waals surface area contributed by atoms with Crippen LogP contribution < -0.4 is 10.6 Å². The van der Waals surface area contributed by atoms with Gasteiger partial charge in [0.25, 0.3) is 0 Å². The smallest absolute Gasteiger partial charge is 0.226 e. The molecule has 0 saturated carbocycles. The zero-order valence-electron chi connectivity index (χ0n) is 12.8. The summed E-state index contributed by atoms with van der Waals surface area (Å²) in [6.07, 6.45) is 3.34. The molecule has 6 heteroatoms. The van der Waals surface area contributed by atoms with E-state index in [-0.39, 0.29) is 0 Å². The van der Waals surface area contributed by atoms with Crippen molar-refractivity contribution >= 4 is 33.3 Å². The Balaban J connectivity index is 1.95. The van der Waals surface area contributed by atoms with Crippen LogP contribution in [0.2, 0.25) is 0 Å². The third-order valence-corrected chi connectivity index (χ3v) is 3.85. The third-order valence-electron chi connectivity index (χ3n) is 3.04. The molecule has 2 heterocycles. The summed E-state index contributed by atoms with van der Waals surface area (Å²) < 4.78 is 5.57. The molecule has 0 bridgehead atoms. The van der Waals surface area contributed by atoms with Crippen LogP contribution in [-0.2, 0) is 4.74 Å². The Morgan fingerprint density at radius 2 is 2.00 bits per heavy atom. The molecule has 0 spiro atoms. The summed E-state index contributed by atoms with van der Waals surface area (Å²) in [5, 5.41) is 9.73. The molecule has 2 rings (SSSR count). The Morgan fingerprint density at radius 1 is 1.10 bits per heavy atom. The fourth-order valence-electron chi connectivity index (χ4n) is 1.90. The standard InChI is InChI=1S/C15H24N4OS/c1-3-5-9-20-10-8-16-13-12-6-11-21-14(12)19-15(18-13)17-7-4-2/h6,11H,3-5,7-10H2,1-2H3,(H2,16,17,18,19). The monoisotopic (exact) mass is 308 g/mol. The van der Waals surface area contributed by atoms with Crippen molar-refractivity contribution in [2.24, 2.45) is 0 Å². The second-order valence-corrected chi connectivity index (χ2v) is 5.75. The lowest BCUT2D eigenvalue weighted by Crippen LogP contribution is -2.12. The van der Waals surface area contributed by atoms with Crippen molar-refractivity contribution < 1.29 is 4.74 Å². The lowest BCUT2D eigenvalue weighted by Gasteiger charge is -2.10. The van der Waals surface area contributed by atoms with Gasteiger partial charge >= 0.3 is 0 Å². The molecule has 0 amide bonds. The molecule has 0 radical (unpaired) electrons. The van der Waals surface area contributed by atoms with E-state index in [1.165, 1.54) is 6.42 Å². The van der Waals surface area contributed by atoms with Crippen molar-refractivity contribution in [1.29, 1.82) is 0 Å². The van der Waals surface area contributed by atoms with Gasteiger partial charge in [-0.1, -0.05) is 20.3 Å². The predicted molar refractivity (Wildman–Crippen MR) is 90.4 cm³/mol. The number of anilines is 2. The molecule has 0 fully saturated rings. The molecule has 0 aliphatic heterocycles. The summed E-state index contributed by atoms with van der Waals surface area (Å²) in [7, 11) is 0. The summed E-state index contributed by atoms with van der Waals surface area (Å²) in [5.41, 5.74) is 0. The summed E-state index contributed by atoms with van der Waals surface area (Å²) in [6.45, 7) is 7.48. The number of nitrogens with one attached hydrogen (secondary N) is 2. The van der Waals surface area contributed by atoms with E-state index < -0.39 is 0 Å². The SMILES string of the molecule is CCCCOCCNc1nc(NCCC)nc2sccc12. The lowest BCUT2D eigenvalue weighted by molar-refractivity contribution is 0.141. The maximum Gasteiger partial charge on any atom is 0.226 e. The zero-order valence-corrected chi connectivity index (χ0v) is 13.6. The van der Waals surface area contributed by atoms with Crippen LogP contribution >= 0.6 is 11.3 Å². The van der Waals surface area contributed by atoms with Crippen molar-refractivity contribution in [3.63, 3.8) is 0 Å². The van der Waals surface area contributed by atoms with E-state index in [0.29, 0.717) is 12.6 Å². The topological polar surface area (TPSA) is 59.1 Å². The molecule has 0 atom stereocenters. The number of aromatic nitrogens is 2. The molecule has 5 nitrogen and oxygen atoms in total.